The first-order chi connectivity index (χ1) is 4.29. The van der Waals surface area contributed by atoms with Gasteiger partial charge in [0.05, 0.1) is 5.92 Å². The molecular formula is C8H12N+. The lowest BCUT2D eigenvalue weighted by atomic mass is 10.2. The van der Waals surface area contributed by atoms with E-state index < -0.39 is 0 Å². The molecule has 0 aliphatic heterocycles. The average Bonchev–Trinajstić information content (AvgIpc) is 2.15. The SMILES string of the molecule is C[N+](C)=CC1C=CC=C1. The van der Waals surface area contributed by atoms with Crippen molar-refractivity contribution in [2.24, 2.45) is 5.92 Å². The topological polar surface area (TPSA) is 3.01 Å². The maximum atomic E-state index is 2.17. The highest BCUT2D eigenvalue weighted by molar-refractivity contribution is 5.62. The Morgan fingerprint density at radius 1 is 1.22 bits per heavy atom. The molecule has 1 aliphatic carbocycles. The van der Waals surface area contributed by atoms with E-state index >= 15 is 0 Å². The Kier molecular flexibility index (Phi) is 1.83. The van der Waals surface area contributed by atoms with Gasteiger partial charge in [-0.25, -0.2) is 4.58 Å². The number of hydrogen-bond acceptors (Lipinski definition) is 0. The average molecular weight is 122 g/mol. The minimum absolute atomic E-state index is 0.528. The van der Waals surface area contributed by atoms with Gasteiger partial charge in [-0.1, -0.05) is 24.3 Å². The smallest absolute Gasteiger partial charge is 0.149 e. The maximum absolute atomic E-state index is 2.17. The highest BCUT2D eigenvalue weighted by Crippen LogP contribution is 2.04. The zero-order chi connectivity index (χ0) is 6.69. The van der Waals surface area contributed by atoms with E-state index in [9.17, 15) is 0 Å². The molecule has 0 spiro atoms. The van der Waals surface area contributed by atoms with Crippen molar-refractivity contribution in [3.05, 3.63) is 24.3 Å². The molecule has 0 aromatic rings. The van der Waals surface area contributed by atoms with Crippen LogP contribution in [-0.4, -0.2) is 24.9 Å². The summed E-state index contributed by atoms with van der Waals surface area (Å²) in [5.74, 6) is 0.528. The molecule has 0 bridgehead atoms. The van der Waals surface area contributed by atoms with E-state index in [-0.39, 0.29) is 0 Å². The lowest BCUT2D eigenvalue weighted by Crippen LogP contribution is -2.04. The molecule has 1 heteroatoms. The van der Waals surface area contributed by atoms with Crippen LogP contribution in [0.3, 0.4) is 0 Å². The minimum atomic E-state index is 0.528. The van der Waals surface area contributed by atoms with Gasteiger partial charge in [-0.2, -0.15) is 0 Å². The zero-order valence-corrected chi connectivity index (χ0v) is 5.91. The molecule has 48 valence electrons. The second-order valence-electron chi connectivity index (χ2n) is 2.46. The third kappa shape index (κ3) is 1.84. The van der Waals surface area contributed by atoms with Gasteiger partial charge in [0.25, 0.3) is 0 Å². The summed E-state index contributed by atoms with van der Waals surface area (Å²) in [6.07, 6.45) is 10.6. The van der Waals surface area contributed by atoms with Gasteiger partial charge in [-0.3, -0.25) is 0 Å². The van der Waals surface area contributed by atoms with Gasteiger partial charge >= 0.3 is 0 Å². The van der Waals surface area contributed by atoms with E-state index in [1.807, 2.05) is 14.1 Å². The van der Waals surface area contributed by atoms with Gasteiger partial charge in [-0.05, 0) is 0 Å². The summed E-state index contributed by atoms with van der Waals surface area (Å²) < 4.78 is 2.07. The summed E-state index contributed by atoms with van der Waals surface area (Å²) in [5, 5.41) is 0. The van der Waals surface area contributed by atoms with Gasteiger partial charge in [0.1, 0.15) is 20.3 Å². The lowest BCUT2D eigenvalue weighted by Gasteiger charge is -1.90. The van der Waals surface area contributed by atoms with Gasteiger partial charge in [0.2, 0.25) is 0 Å². The fourth-order valence-corrected chi connectivity index (χ4v) is 0.893. The number of allylic oxidation sites excluding steroid dienone is 4. The Balaban J connectivity index is 2.56. The maximum Gasteiger partial charge on any atom is 0.149 e. The molecule has 0 fully saturated rings. The zero-order valence-electron chi connectivity index (χ0n) is 5.91. The fourth-order valence-electron chi connectivity index (χ4n) is 0.893. The first kappa shape index (κ1) is 6.27. The second-order valence-corrected chi connectivity index (χ2v) is 2.46. The molecule has 0 atom stereocenters. The largest absolute Gasteiger partial charge is 0.244 e. The van der Waals surface area contributed by atoms with Crippen molar-refractivity contribution in [2.45, 2.75) is 0 Å². The lowest BCUT2D eigenvalue weighted by molar-refractivity contribution is -0.461. The van der Waals surface area contributed by atoms with E-state index in [0.29, 0.717) is 5.92 Å². The molecule has 0 saturated heterocycles. The molecule has 0 amide bonds. The summed E-state index contributed by atoms with van der Waals surface area (Å²) in [7, 11) is 4.08. The molecule has 1 nitrogen and oxygen atoms in total. The standard InChI is InChI=1S/C8H12N/c1-9(2)7-8-5-3-4-6-8/h3-8H,1-2H3/q+1. The molecule has 0 aromatic carbocycles. The van der Waals surface area contributed by atoms with Crippen LogP contribution in [0.5, 0.6) is 0 Å². The van der Waals surface area contributed by atoms with Crippen molar-refractivity contribution in [1.82, 2.24) is 0 Å². The van der Waals surface area contributed by atoms with Gasteiger partial charge in [-0.15, -0.1) is 0 Å². The van der Waals surface area contributed by atoms with Crippen molar-refractivity contribution in [1.29, 1.82) is 0 Å². The Hall–Kier alpha value is -0.850. The Morgan fingerprint density at radius 2 is 1.78 bits per heavy atom. The molecule has 0 unspecified atom stereocenters. The number of hydrogen-bond donors (Lipinski definition) is 0. The van der Waals surface area contributed by atoms with Crippen LogP contribution in [0.1, 0.15) is 0 Å². The van der Waals surface area contributed by atoms with E-state index in [1.54, 1.807) is 0 Å². The minimum Gasteiger partial charge on any atom is -0.244 e. The van der Waals surface area contributed by atoms with Crippen LogP contribution in [0.2, 0.25) is 0 Å². The van der Waals surface area contributed by atoms with Crippen LogP contribution in [-0.2, 0) is 0 Å². The van der Waals surface area contributed by atoms with E-state index in [1.165, 1.54) is 0 Å². The van der Waals surface area contributed by atoms with Crippen LogP contribution < -0.4 is 0 Å². The fraction of sp³-hybridized carbons (Fsp3) is 0.375. The highest BCUT2D eigenvalue weighted by Gasteiger charge is 2.01. The molecule has 0 radical (unpaired) electrons. The van der Waals surface area contributed by atoms with Crippen molar-refractivity contribution in [3.63, 3.8) is 0 Å². The first-order valence-corrected chi connectivity index (χ1v) is 3.15. The van der Waals surface area contributed by atoms with Crippen molar-refractivity contribution in [3.8, 4) is 0 Å². The quantitative estimate of drug-likeness (QED) is 0.361. The third-order valence-electron chi connectivity index (χ3n) is 1.25. The van der Waals surface area contributed by atoms with Crippen molar-refractivity contribution in [2.75, 3.05) is 14.1 Å². The molecule has 1 aliphatic rings. The van der Waals surface area contributed by atoms with Crippen molar-refractivity contribution < 1.29 is 4.58 Å². The monoisotopic (exact) mass is 122 g/mol. The van der Waals surface area contributed by atoms with Crippen LogP contribution in [0.4, 0.5) is 0 Å². The van der Waals surface area contributed by atoms with E-state index in [0.717, 1.165) is 0 Å². The summed E-state index contributed by atoms with van der Waals surface area (Å²) in [5.41, 5.74) is 0. The van der Waals surface area contributed by atoms with Gasteiger partial charge in [0.15, 0.2) is 0 Å². The second kappa shape index (κ2) is 2.62. The molecular weight excluding hydrogens is 110 g/mol. The molecule has 9 heavy (non-hydrogen) atoms. The highest BCUT2D eigenvalue weighted by atomic mass is 14.9. The predicted octanol–water partition coefficient (Wildman–Crippen LogP) is 1.07. The Labute approximate surface area is 56.0 Å². The van der Waals surface area contributed by atoms with Gasteiger partial charge < -0.3 is 0 Å². The molecule has 0 saturated carbocycles. The van der Waals surface area contributed by atoms with E-state index in [4.69, 9.17) is 0 Å². The summed E-state index contributed by atoms with van der Waals surface area (Å²) in [4.78, 5) is 0. The molecule has 0 aromatic heterocycles. The van der Waals surface area contributed by atoms with Crippen molar-refractivity contribution >= 4 is 6.21 Å². The van der Waals surface area contributed by atoms with Crippen LogP contribution in [0, 0.1) is 5.92 Å². The summed E-state index contributed by atoms with van der Waals surface area (Å²) >= 11 is 0. The van der Waals surface area contributed by atoms with Gasteiger partial charge in [0, 0.05) is 0 Å². The van der Waals surface area contributed by atoms with Crippen LogP contribution in [0.15, 0.2) is 24.3 Å². The molecule has 0 N–H and O–H groups in total. The van der Waals surface area contributed by atoms with Crippen LogP contribution >= 0.6 is 0 Å². The number of nitrogens with zero attached hydrogens (tertiary/aromatic N) is 1. The Bertz CT molecular complexity index is 159. The molecule has 1 rings (SSSR count). The predicted molar refractivity (Wildman–Crippen MR) is 39.9 cm³/mol. The summed E-state index contributed by atoms with van der Waals surface area (Å²) in [6.45, 7) is 0. The summed E-state index contributed by atoms with van der Waals surface area (Å²) in [6, 6.07) is 0. The Morgan fingerprint density at radius 3 is 2.22 bits per heavy atom. The van der Waals surface area contributed by atoms with E-state index in [2.05, 4.69) is 35.1 Å². The number of rotatable bonds is 1. The molecule has 0 heterocycles. The third-order valence-corrected chi connectivity index (χ3v) is 1.25. The normalized spacial score (nSPS) is 16.7. The first-order valence-electron chi connectivity index (χ1n) is 3.15. The van der Waals surface area contributed by atoms with Crippen LogP contribution in [0.25, 0.3) is 0 Å².